The summed E-state index contributed by atoms with van der Waals surface area (Å²) in [5, 5.41) is 15.0. The van der Waals surface area contributed by atoms with Crippen molar-refractivity contribution >= 4 is 34.7 Å². The van der Waals surface area contributed by atoms with Crippen molar-refractivity contribution in [2.45, 2.75) is 25.4 Å². The van der Waals surface area contributed by atoms with E-state index in [4.69, 9.17) is 10.8 Å². The SMILES string of the molecule is Nc1ncnc2c1c(-c1ccc3c(c1)CN(c1ccccn1)C3=O)nn2[C@@H]1CCCN(C(=O)O)C1. The fourth-order valence-electron chi connectivity index (χ4n) is 4.95. The lowest BCUT2D eigenvalue weighted by Crippen LogP contribution is -2.40. The number of carbonyl (C=O) groups is 2. The molecule has 0 radical (unpaired) electrons. The maximum absolute atomic E-state index is 13.0. The number of amides is 2. The first-order chi connectivity index (χ1) is 17.0. The summed E-state index contributed by atoms with van der Waals surface area (Å²) in [7, 11) is 0. The Labute approximate surface area is 199 Å². The third kappa shape index (κ3) is 3.43. The van der Waals surface area contributed by atoms with E-state index in [1.54, 1.807) is 21.8 Å². The molecule has 0 unspecified atom stereocenters. The second-order valence-corrected chi connectivity index (χ2v) is 8.73. The first-order valence-electron chi connectivity index (χ1n) is 11.3. The van der Waals surface area contributed by atoms with Crippen molar-refractivity contribution in [2.75, 3.05) is 23.7 Å². The lowest BCUT2D eigenvalue weighted by atomic mass is 10.0. The molecule has 1 fully saturated rings. The number of aromatic nitrogens is 5. The van der Waals surface area contributed by atoms with Crippen molar-refractivity contribution in [2.24, 2.45) is 0 Å². The van der Waals surface area contributed by atoms with Crippen LogP contribution in [0.25, 0.3) is 22.3 Å². The summed E-state index contributed by atoms with van der Waals surface area (Å²) in [6.07, 6.45) is 3.63. The van der Waals surface area contributed by atoms with Crippen LogP contribution >= 0.6 is 0 Å². The molecule has 4 aromatic rings. The zero-order valence-electron chi connectivity index (χ0n) is 18.7. The molecule has 0 aliphatic carbocycles. The Hall–Kier alpha value is -4.54. The standard InChI is InChI=1S/C24H22N8O3/c25-21-19-20(29-32(22(19)28-13-27-21)16-4-3-9-30(12-16)24(34)35)14-6-7-17-15(10-14)11-31(23(17)33)18-5-1-2-8-26-18/h1-2,5-8,10,13,16H,3-4,9,11-12H2,(H,34,35)(H2,25,27,28)/t16-/m1/s1. The zero-order chi connectivity index (χ0) is 24.1. The van der Waals surface area contributed by atoms with Crippen LogP contribution in [0.3, 0.4) is 0 Å². The van der Waals surface area contributed by atoms with E-state index in [0.717, 1.165) is 24.0 Å². The topological polar surface area (TPSA) is 143 Å². The molecule has 3 N–H and O–H groups in total. The summed E-state index contributed by atoms with van der Waals surface area (Å²) >= 11 is 0. The number of nitrogens with two attached hydrogens (primary N) is 1. The van der Waals surface area contributed by atoms with Gasteiger partial charge < -0.3 is 15.7 Å². The van der Waals surface area contributed by atoms with Crippen LogP contribution in [-0.2, 0) is 6.54 Å². The van der Waals surface area contributed by atoms with E-state index in [-0.39, 0.29) is 11.9 Å². The van der Waals surface area contributed by atoms with Gasteiger partial charge in [0.1, 0.15) is 23.7 Å². The van der Waals surface area contributed by atoms with Gasteiger partial charge in [0.25, 0.3) is 5.91 Å². The van der Waals surface area contributed by atoms with Gasteiger partial charge in [-0.3, -0.25) is 9.69 Å². The van der Waals surface area contributed by atoms with Gasteiger partial charge in [0.05, 0.1) is 18.0 Å². The Morgan fingerprint density at radius 3 is 2.83 bits per heavy atom. The van der Waals surface area contributed by atoms with Crippen LogP contribution < -0.4 is 10.6 Å². The van der Waals surface area contributed by atoms with Crippen LogP contribution in [0.1, 0.15) is 34.8 Å². The highest BCUT2D eigenvalue weighted by molar-refractivity contribution is 6.10. The monoisotopic (exact) mass is 470 g/mol. The van der Waals surface area contributed by atoms with E-state index in [1.165, 1.54) is 11.2 Å². The molecule has 2 aliphatic rings. The van der Waals surface area contributed by atoms with Crippen LogP contribution in [0.4, 0.5) is 16.4 Å². The molecule has 0 bridgehead atoms. The van der Waals surface area contributed by atoms with Gasteiger partial charge in [-0.25, -0.2) is 24.4 Å². The van der Waals surface area contributed by atoms with Crippen LogP contribution in [0.5, 0.6) is 0 Å². The maximum Gasteiger partial charge on any atom is 0.407 e. The smallest absolute Gasteiger partial charge is 0.407 e. The highest BCUT2D eigenvalue weighted by Gasteiger charge is 2.31. The van der Waals surface area contributed by atoms with Gasteiger partial charge >= 0.3 is 6.09 Å². The van der Waals surface area contributed by atoms with Crippen molar-refractivity contribution in [1.29, 1.82) is 0 Å². The van der Waals surface area contributed by atoms with Gasteiger partial charge in [-0.05, 0) is 42.7 Å². The van der Waals surface area contributed by atoms with Gasteiger partial charge in [0.15, 0.2) is 5.65 Å². The molecule has 176 valence electrons. The number of pyridine rings is 1. The molecule has 0 saturated carbocycles. The average Bonchev–Trinajstić information content (AvgIpc) is 3.43. The fraction of sp³-hybridized carbons (Fsp3) is 0.250. The van der Waals surface area contributed by atoms with Gasteiger partial charge in [0.2, 0.25) is 0 Å². The second kappa shape index (κ2) is 8.05. The molecule has 2 amide bonds. The first kappa shape index (κ1) is 21.0. The number of benzene rings is 1. The highest BCUT2D eigenvalue weighted by Crippen LogP contribution is 2.36. The summed E-state index contributed by atoms with van der Waals surface area (Å²) in [6.45, 7) is 1.23. The molecular formula is C24H22N8O3. The van der Waals surface area contributed by atoms with Gasteiger partial charge in [-0.2, -0.15) is 5.10 Å². The minimum absolute atomic E-state index is 0.0977. The number of anilines is 2. The van der Waals surface area contributed by atoms with Crippen molar-refractivity contribution in [1.82, 2.24) is 29.6 Å². The zero-order valence-corrected chi connectivity index (χ0v) is 18.7. The Kier molecular flexibility index (Phi) is 4.83. The molecule has 1 atom stereocenters. The number of likely N-dealkylation sites (tertiary alicyclic amines) is 1. The molecule has 5 heterocycles. The Morgan fingerprint density at radius 1 is 1.14 bits per heavy atom. The van der Waals surface area contributed by atoms with E-state index in [2.05, 4.69) is 15.0 Å². The molecule has 1 saturated heterocycles. The third-order valence-electron chi connectivity index (χ3n) is 6.64. The summed E-state index contributed by atoms with van der Waals surface area (Å²) in [5.74, 6) is 0.802. The largest absolute Gasteiger partial charge is 0.465 e. The van der Waals surface area contributed by atoms with E-state index in [9.17, 15) is 14.7 Å². The number of carboxylic acid groups (broad SMARTS) is 1. The lowest BCUT2D eigenvalue weighted by molar-refractivity contribution is 0.0995. The highest BCUT2D eigenvalue weighted by atomic mass is 16.4. The number of hydrogen-bond acceptors (Lipinski definition) is 7. The molecule has 11 nitrogen and oxygen atoms in total. The number of rotatable bonds is 3. The second-order valence-electron chi connectivity index (χ2n) is 8.73. The van der Waals surface area contributed by atoms with Crippen molar-refractivity contribution in [3.63, 3.8) is 0 Å². The Bertz CT molecular complexity index is 1470. The van der Waals surface area contributed by atoms with E-state index in [1.807, 2.05) is 30.3 Å². The van der Waals surface area contributed by atoms with Gasteiger partial charge in [0, 0.05) is 30.4 Å². The molecule has 0 spiro atoms. The van der Waals surface area contributed by atoms with Crippen molar-refractivity contribution in [3.8, 4) is 11.3 Å². The fourth-order valence-corrected chi connectivity index (χ4v) is 4.95. The molecule has 35 heavy (non-hydrogen) atoms. The molecule has 6 rings (SSSR count). The summed E-state index contributed by atoms with van der Waals surface area (Å²) in [5.41, 5.74) is 9.72. The van der Waals surface area contributed by atoms with E-state index >= 15 is 0 Å². The summed E-state index contributed by atoms with van der Waals surface area (Å²) in [4.78, 5) is 40.5. The van der Waals surface area contributed by atoms with Crippen LogP contribution in [-0.4, -0.2) is 59.8 Å². The molecular weight excluding hydrogens is 448 g/mol. The van der Waals surface area contributed by atoms with Crippen LogP contribution in [0.15, 0.2) is 48.9 Å². The Balaban J connectivity index is 1.42. The van der Waals surface area contributed by atoms with Crippen LogP contribution in [0.2, 0.25) is 0 Å². The van der Waals surface area contributed by atoms with E-state index in [0.29, 0.717) is 53.6 Å². The molecule has 1 aromatic carbocycles. The number of nitrogens with zero attached hydrogens (tertiary/aromatic N) is 7. The predicted octanol–water partition coefficient (Wildman–Crippen LogP) is 2.95. The molecule has 11 heteroatoms. The normalized spacial score (nSPS) is 17.7. The Morgan fingerprint density at radius 2 is 2.03 bits per heavy atom. The predicted molar refractivity (Wildman–Crippen MR) is 128 cm³/mol. The number of fused-ring (bicyclic) bond motifs is 2. The number of hydrogen-bond donors (Lipinski definition) is 2. The molecule has 3 aromatic heterocycles. The number of nitrogen functional groups attached to an aromatic ring is 1. The number of carbonyl (C=O) groups excluding carboxylic acids is 1. The maximum atomic E-state index is 13.0. The van der Waals surface area contributed by atoms with E-state index < -0.39 is 6.09 Å². The average molecular weight is 470 g/mol. The first-order valence-corrected chi connectivity index (χ1v) is 11.3. The van der Waals surface area contributed by atoms with Gasteiger partial charge in [-0.1, -0.05) is 12.1 Å². The lowest BCUT2D eigenvalue weighted by Gasteiger charge is -2.30. The quantitative estimate of drug-likeness (QED) is 0.465. The minimum Gasteiger partial charge on any atom is -0.465 e. The molecule has 2 aliphatic heterocycles. The summed E-state index contributed by atoms with van der Waals surface area (Å²) in [6, 6.07) is 10.9. The van der Waals surface area contributed by atoms with Crippen molar-refractivity contribution < 1.29 is 14.7 Å². The van der Waals surface area contributed by atoms with Crippen molar-refractivity contribution in [3.05, 3.63) is 60.0 Å². The number of piperidine rings is 1. The van der Waals surface area contributed by atoms with Gasteiger partial charge in [-0.15, -0.1) is 0 Å². The minimum atomic E-state index is -0.943. The third-order valence-corrected chi connectivity index (χ3v) is 6.64. The van der Waals surface area contributed by atoms with Crippen LogP contribution in [0, 0.1) is 0 Å². The summed E-state index contributed by atoms with van der Waals surface area (Å²) < 4.78 is 1.77.